The van der Waals surface area contributed by atoms with E-state index in [4.69, 9.17) is 4.74 Å². The van der Waals surface area contributed by atoms with Crippen LogP contribution in [0.25, 0.3) is 16.9 Å². The van der Waals surface area contributed by atoms with Gasteiger partial charge in [-0.05, 0) is 30.7 Å². The maximum Gasteiger partial charge on any atom is 0.412 e. The molecule has 0 bridgehead atoms. The Morgan fingerprint density at radius 1 is 1.28 bits per heavy atom. The third kappa shape index (κ3) is 4.28. The normalized spacial score (nSPS) is 16.9. The number of imidazole rings is 1. The van der Waals surface area contributed by atoms with Gasteiger partial charge in [-0.25, -0.2) is 32.3 Å². The van der Waals surface area contributed by atoms with Gasteiger partial charge in [-0.15, -0.1) is 0 Å². The molecular formula is C22H18F3N7O4. The number of carbonyl (C=O) groups is 1. The number of benzene rings is 1. The van der Waals surface area contributed by atoms with Crippen LogP contribution in [0.5, 0.6) is 0 Å². The summed E-state index contributed by atoms with van der Waals surface area (Å²) in [5.74, 6) is -4.18. The van der Waals surface area contributed by atoms with Gasteiger partial charge >= 0.3 is 17.7 Å². The lowest BCUT2D eigenvalue weighted by molar-refractivity contribution is -0.0735. The minimum absolute atomic E-state index is 0.00436. The molecule has 4 aromatic rings. The van der Waals surface area contributed by atoms with E-state index in [1.165, 1.54) is 40.0 Å². The number of amides is 1. The molecule has 4 heterocycles. The van der Waals surface area contributed by atoms with E-state index in [0.717, 1.165) is 6.20 Å². The zero-order valence-corrected chi connectivity index (χ0v) is 18.6. The molecule has 1 unspecified atom stereocenters. The maximum atomic E-state index is 14.9. The Kier molecular flexibility index (Phi) is 5.50. The first kappa shape index (κ1) is 23.1. The second-order valence-corrected chi connectivity index (χ2v) is 8.24. The minimum atomic E-state index is -3.45. The Bertz CT molecular complexity index is 1600. The molecule has 0 spiro atoms. The first-order valence-electron chi connectivity index (χ1n) is 10.6. The van der Waals surface area contributed by atoms with E-state index in [1.807, 2.05) is 0 Å². The number of ether oxygens (including phenoxy) is 1. The molecular weight excluding hydrogens is 483 g/mol. The topological polar surface area (TPSA) is 137 Å². The van der Waals surface area contributed by atoms with Crippen LogP contribution in [0, 0.1) is 12.7 Å². The molecule has 0 aliphatic carbocycles. The molecule has 36 heavy (non-hydrogen) atoms. The Balaban J connectivity index is 1.42. The number of hydrogen-bond acceptors (Lipinski definition) is 7. The lowest BCUT2D eigenvalue weighted by Crippen LogP contribution is -2.37. The van der Waals surface area contributed by atoms with Gasteiger partial charge < -0.3 is 14.6 Å². The number of anilines is 2. The van der Waals surface area contributed by atoms with Crippen molar-refractivity contribution < 1.29 is 22.7 Å². The molecule has 1 saturated heterocycles. The summed E-state index contributed by atoms with van der Waals surface area (Å²) >= 11 is 0. The molecule has 5 rings (SSSR count). The standard InChI is InChI=1S/C22H18F3N7O4/c1-11-2-3-14(13(23)6-11)28-21(35)36-17-9-31(10-22(17,24)25)16-7-15(30-32-5-4-26-18(16)32)12-8-27-20(34)29-19(12)33/h2-8,17H,9-10H2,1H3,(H,28,35)(H2,27,29,33,34). The third-order valence-electron chi connectivity index (χ3n) is 5.65. The van der Waals surface area contributed by atoms with Crippen molar-refractivity contribution in [2.45, 2.75) is 19.0 Å². The van der Waals surface area contributed by atoms with Crippen LogP contribution in [0.2, 0.25) is 0 Å². The number of aromatic nitrogens is 5. The van der Waals surface area contributed by atoms with E-state index < -0.39 is 48.3 Å². The van der Waals surface area contributed by atoms with Crippen molar-refractivity contribution >= 4 is 23.1 Å². The van der Waals surface area contributed by atoms with Crippen molar-refractivity contribution in [1.82, 2.24) is 24.6 Å². The Labute approximate surface area is 199 Å². The summed E-state index contributed by atoms with van der Waals surface area (Å²) < 4.78 is 50.0. The quantitative estimate of drug-likeness (QED) is 0.390. The van der Waals surface area contributed by atoms with Gasteiger partial charge in [-0.3, -0.25) is 15.1 Å². The molecule has 14 heteroatoms. The number of H-pyrrole nitrogens is 2. The zero-order valence-electron chi connectivity index (χ0n) is 18.6. The van der Waals surface area contributed by atoms with E-state index >= 15 is 0 Å². The second-order valence-electron chi connectivity index (χ2n) is 8.24. The molecule has 11 nitrogen and oxygen atoms in total. The molecule has 186 valence electrons. The van der Waals surface area contributed by atoms with Gasteiger partial charge in [-0.1, -0.05) is 6.07 Å². The van der Waals surface area contributed by atoms with Crippen molar-refractivity contribution in [3.8, 4) is 11.3 Å². The lowest BCUT2D eigenvalue weighted by Gasteiger charge is -2.19. The van der Waals surface area contributed by atoms with Crippen LogP contribution < -0.4 is 21.5 Å². The van der Waals surface area contributed by atoms with Crippen LogP contribution in [0.3, 0.4) is 0 Å². The summed E-state index contributed by atoms with van der Waals surface area (Å²) in [7, 11) is 0. The van der Waals surface area contributed by atoms with Crippen LogP contribution in [0.15, 0.2) is 52.4 Å². The number of rotatable bonds is 4. The molecule has 3 N–H and O–H groups in total. The van der Waals surface area contributed by atoms with Crippen LogP contribution in [0.4, 0.5) is 29.3 Å². The average Bonchev–Trinajstić information content (AvgIpc) is 3.39. The molecule has 0 saturated carbocycles. The Hall–Kier alpha value is -4.62. The predicted molar refractivity (Wildman–Crippen MR) is 122 cm³/mol. The number of carbonyl (C=O) groups excluding carboxylic acids is 1. The highest BCUT2D eigenvalue weighted by Gasteiger charge is 2.51. The van der Waals surface area contributed by atoms with E-state index in [-0.39, 0.29) is 28.3 Å². The molecule has 1 atom stereocenters. The average molecular weight is 501 g/mol. The SMILES string of the molecule is Cc1ccc(NC(=O)OC2CN(c3cc(-c4c[nH]c(=O)[nH]c4=O)nn4ccnc34)CC2(F)F)c(F)c1. The van der Waals surface area contributed by atoms with Crippen molar-refractivity contribution in [2.75, 3.05) is 23.3 Å². The highest BCUT2D eigenvalue weighted by molar-refractivity contribution is 5.85. The van der Waals surface area contributed by atoms with Crippen molar-refractivity contribution in [3.63, 3.8) is 0 Å². The number of halogens is 3. The number of nitrogens with one attached hydrogen (secondary N) is 3. The number of fused-ring (bicyclic) bond motifs is 1. The highest BCUT2D eigenvalue weighted by Crippen LogP contribution is 2.36. The first-order chi connectivity index (χ1) is 17.1. The number of alkyl halides is 2. The number of nitrogens with zero attached hydrogens (tertiary/aromatic N) is 4. The summed E-state index contributed by atoms with van der Waals surface area (Å²) in [4.78, 5) is 45.7. The van der Waals surface area contributed by atoms with Gasteiger partial charge in [0.15, 0.2) is 11.8 Å². The van der Waals surface area contributed by atoms with Crippen LogP contribution in [0.1, 0.15) is 5.56 Å². The zero-order chi connectivity index (χ0) is 25.6. The van der Waals surface area contributed by atoms with Gasteiger partial charge in [0.1, 0.15) is 11.5 Å². The van der Waals surface area contributed by atoms with Crippen LogP contribution in [-0.2, 0) is 4.74 Å². The molecule has 3 aromatic heterocycles. The largest absolute Gasteiger partial charge is 0.438 e. The molecule has 1 aliphatic heterocycles. The monoisotopic (exact) mass is 501 g/mol. The summed E-state index contributed by atoms with van der Waals surface area (Å²) in [5.41, 5.74) is -0.491. The van der Waals surface area contributed by atoms with E-state index in [0.29, 0.717) is 5.56 Å². The summed E-state index contributed by atoms with van der Waals surface area (Å²) in [5, 5.41) is 6.40. The minimum Gasteiger partial charge on any atom is -0.438 e. The molecule has 1 amide bonds. The van der Waals surface area contributed by atoms with Gasteiger partial charge in [-0.2, -0.15) is 5.10 Å². The lowest BCUT2D eigenvalue weighted by atomic mass is 10.2. The molecule has 1 aliphatic rings. The number of aromatic amines is 2. The highest BCUT2D eigenvalue weighted by atomic mass is 19.3. The number of hydrogen-bond donors (Lipinski definition) is 3. The van der Waals surface area contributed by atoms with Gasteiger partial charge in [0.2, 0.25) is 0 Å². The maximum absolute atomic E-state index is 14.9. The van der Waals surface area contributed by atoms with Crippen LogP contribution in [-0.4, -0.2) is 55.8 Å². The Morgan fingerprint density at radius 2 is 2.08 bits per heavy atom. The van der Waals surface area contributed by atoms with Crippen molar-refractivity contribution in [1.29, 1.82) is 0 Å². The molecule has 1 aromatic carbocycles. The fourth-order valence-corrected chi connectivity index (χ4v) is 3.92. The second kappa shape index (κ2) is 8.55. The van der Waals surface area contributed by atoms with Gasteiger partial charge in [0.05, 0.1) is 30.0 Å². The number of aryl methyl sites for hydroxylation is 1. The fourth-order valence-electron chi connectivity index (χ4n) is 3.92. The molecule has 0 radical (unpaired) electrons. The third-order valence-corrected chi connectivity index (χ3v) is 5.65. The van der Waals surface area contributed by atoms with Crippen LogP contribution >= 0.6 is 0 Å². The van der Waals surface area contributed by atoms with E-state index in [2.05, 4.69) is 25.4 Å². The summed E-state index contributed by atoms with van der Waals surface area (Å²) in [6, 6.07) is 5.42. The first-order valence-corrected chi connectivity index (χ1v) is 10.6. The predicted octanol–water partition coefficient (Wildman–Crippen LogP) is 2.29. The summed E-state index contributed by atoms with van der Waals surface area (Å²) in [6.45, 7) is 0.427. The van der Waals surface area contributed by atoms with Gasteiger partial charge in [0.25, 0.3) is 5.56 Å². The van der Waals surface area contributed by atoms with E-state index in [9.17, 15) is 27.6 Å². The fraction of sp³-hybridized carbons (Fsp3) is 0.227. The van der Waals surface area contributed by atoms with Crippen molar-refractivity contribution in [2.24, 2.45) is 0 Å². The van der Waals surface area contributed by atoms with E-state index in [1.54, 1.807) is 13.0 Å². The smallest absolute Gasteiger partial charge is 0.412 e. The van der Waals surface area contributed by atoms with Crippen molar-refractivity contribution in [3.05, 3.63) is 75.1 Å². The summed E-state index contributed by atoms with van der Waals surface area (Å²) in [6.07, 6.45) is 0.946. The molecule has 1 fully saturated rings. The van der Waals surface area contributed by atoms with Gasteiger partial charge in [0, 0.05) is 18.6 Å². The Morgan fingerprint density at radius 3 is 2.83 bits per heavy atom.